The van der Waals surface area contributed by atoms with Crippen LogP contribution in [0.5, 0.6) is 0 Å². The van der Waals surface area contributed by atoms with Gasteiger partial charge in [-0.1, -0.05) is 26.7 Å². The molecule has 0 spiro atoms. The Morgan fingerprint density at radius 2 is 1.06 bits per heavy atom. The van der Waals surface area contributed by atoms with Gasteiger partial charge in [-0.3, -0.25) is 9.11 Å². The fraction of sp³-hybridized carbons (Fsp3) is 1.00. The first-order valence-electron chi connectivity index (χ1n) is 5.90. The number of hydrogen-bond donors (Lipinski definition) is 2. The van der Waals surface area contributed by atoms with Crippen molar-refractivity contribution in [3.05, 3.63) is 0 Å². The zero-order valence-electron chi connectivity index (χ0n) is 10.7. The van der Waals surface area contributed by atoms with E-state index in [4.69, 9.17) is 9.11 Å². The van der Waals surface area contributed by atoms with Crippen LogP contribution >= 0.6 is 0 Å². The molecule has 6 nitrogen and oxygen atoms in total. The molecule has 0 aliphatic carbocycles. The van der Waals surface area contributed by atoms with Gasteiger partial charge in [0.15, 0.2) is 0 Å². The monoisotopic (exact) mass is 302 g/mol. The summed E-state index contributed by atoms with van der Waals surface area (Å²) in [7, 11) is -7.83. The fourth-order valence-electron chi connectivity index (χ4n) is 1.87. The maximum Gasteiger partial charge on any atom is 0.265 e. The highest BCUT2D eigenvalue weighted by Crippen LogP contribution is 2.15. The summed E-state index contributed by atoms with van der Waals surface area (Å²) >= 11 is 0. The van der Waals surface area contributed by atoms with Crippen molar-refractivity contribution < 1.29 is 25.9 Å². The van der Waals surface area contributed by atoms with E-state index in [1.807, 2.05) is 0 Å². The highest BCUT2D eigenvalue weighted by Gasteiger charge is 2.14. The molecule has 0 heterocycles. The molecule has 0 fully saturated rings. The van der Waals surface area contributed by atoms with Gasteiger partial charge in [0, 0.05) is 0 Å². The van der Waals surface area contributed by atoms with Crippen molar-refractivity contribution in [2.24, 2.45) is 11.8 Å². The summed E-state index contributed by atoms with van der Waals surface area (Å²) < 4.78 is 59.7. The summed E-state index contributed by atoms with van der Waals surface area (Å²) in [4.78, 5) is 0. The topological polar surface area (TPSA) is 109 Å². The van der Waals surface area contributed by atoms with Crippen LogP contribution in [-0.4, -0.2) is 37.4 Å². The van der Waals surface area contributed by atoms with Crippen LogP contribution in [0.2, 0.25) is 0 Å². The zero-order valence-corrected chi connectivity index (χ0v) is 12.4. The van der Waals surface area contributed by atoms with Gasteiger partial charge < -0.3 is 0 Å². The Hall–Kier alpha value is -0.180. The molecule has 0 aliphatic rings. The van der Waals surface area contributed by atoms with Gasteiger partial charge in [-0.2, -0.15) is 16.8 Å². The molecule has 110 valence electrons. The van der Waals surface area contributed by atoms with Crippen molar-refractivity contribution in [3.63, 3.8) is 0 Å². The Bertz CT molecular complexity index is 383. The number of unbranched alkanes of at least 4 members (excludes halogenated alkanes) is 1. The van der Waals surface area contributed by atoms with E-state index in [-0.39, 0.29) is 23.3 Å². The predicted molar refractivity (Wildman–Crippen MR) is 69.6 cm³/mol. The molecule has 8 heteroatoms. The Kier molecular flexibility index (Phi) is 7.34. The highest BCUT2D eigenvalue weighted by molar-refractivity contribution is 7.86. The van der Waals surface area contributed by atoms with Crippen molar-refractivity contribution in [1.29, 1.82) is 0 Å². The number of hydrogen-bond acceptors (Lipinski definition) is 4. The Morgan fingerprint density at radius 1 is 0.778 bits per heavy atom. The lowest BCUT2D eigenvalue weighted by molar-refractivity contribution is 0.438. The molecule has 2 unspecified atom stereocenters. The van der Waals surface area contributed by atoms with Gasteiger partial charge in [-0.25, -0.2) is 0 Å². The molecule has 2 atom stereocenters. The van der Waals surface area contributed by atoms with Crippen molar-refractivity contribution >= 4 is 20.2 Å². The van der Waals surface area contributed by atoms with E-state index < -0.39 is 20.2 Å². The summed E-state index contributed by atoms with van der Waals surface area (Å²) in [6.07, 6.45) is 2.87. The summed E-state index contributed by atoms with van der Waals surface area (Å²) in [6.45, 7) is 3.49. The lowest BCUT2D eigenvalue weighted by atomic mass is 10.0. The van der Waals surface area contributed by atoms with Gasteiger partial charge in [0.1, 0.15) is 0 Å². The van der Waals surface area contributed by atoms with Crippen molar-refractivity contribution in [3.8, 4) is 0 Å². The third-order valence-corrected chi connectivity index (χ3v) is 4.61. The maximum absolute atomic E-state index is 10.6. The largest absolute Gasteiger partial charge is 0.286 e. The van der Waals surface area contributed by atoms with Crippen molar-refractivity contribution in [2.75, 3.05) is 11.5 Å². The van der Waals surface area contributed by atoms with Crippen molar-refractivity contribution in [2.45, 2.75) is 39.5 Å². The van der Waals surface area contributed by atoms with E-state index in [0.29, 0.717) is 12.8 Å². The van der Waals surface area contributed by atoms with E-state index in [0.717, 1.165) is 12.8 Å². The SMILES string of the molecule is CC(CCCCC(C)CS(=O)(=O)O)CS(=O)(=O)O. The first-order valence-corrected chi connectivity index (χ1v) is 9.12. The summed E-state index contributed by atoms with van der Waals surface area (Å²) in [5.41, 5.74) is 0. The van der Waals surface area contributed by atoms with E-state index in [1.165, 1.54) is 0 Å². The molecule has 18 heavy (non-hydrogen) atoms. The van der Waals surface area contributed by atoms with Crippen LogP contribution < -0.4 is 0 Å². The van der Waals surface area contributed by atoms with Crippen LogP contribution in [0.15, 0.2) is 0 Å². The molecule has 0 saturated heterocycles. The van der Waals surface area contributed by atoms with Gasteiger partial charge in [0.2, 0.25) is 0 Å². The van der Waals surface area contributed by atoms with Crippen LogP contribution in [0.1, 0.15) is 39.5 Å². The van der Waals surface area contributed by atoms with Crippen molar-refractivity contribution in [1.82, 2.24) is 0 Å². The van der Waals surface area contributed by atoms with Crippen LogP contribution in [0.3, 0.4) is 0 Å². The smallest absolute Gasteiger partial charge is 0.265 e. The quantitative estimate of drug-likeness (QED) is 0.494. The molecular weight excluding hydrogens is 280 g/mol. The minimum Gasteiger partial charge on any atom is -0.286 e. The zero-order chi connectivity index (χ0) is 14.4. The third-order valence-electron chi connectivity index (χ3n) is 2.63. The highest BCUT2D eigenvalue weighted by atomic mass is 32.2. The molecule has 0 bridgehead atoms. The molecule has 0 rings (SSSR count). The molecule has 0 aromatic carbocycles. The van der Waals surface area contributed by atoms with E-state index in [2.05, 4.69) is 0 Å². The normalized spacial score (nSPS) is 16.4. The molecule has 2 N–H and O–H groups in total. The van der Waals surface area contributed by atoms with Crippen LogP contribution in [0, 0.1) is 11.8 Å². The second kappa shape index (κ2) is 7.42. The second-order valence-electron chi connectivity index (χ2n) is 4.99. The maximum atomic E-state index is 10.6. The summed E-state index contributed by atoms with van der Waals surface area (Å²) in [5, 5.41) is 0. The fourth-order valence-corrected chi connectivity index (χ4v) is 3.64. The average molecular weight is 302 g/mol. The molecule has 0 aliphatic heterocycles. The molecule has 0 radical (unpaired) electrons. The van der Waals surface area contributed by atoms with E-state index >= 15 is 0 Å². The predicted octanol–water partition coefficient (Wildman–Crippen LogP) is 1.59. The van der Waals surface area contributed by atoms with Gasteiger partial charge in [-0.15, -0.1) is 0 Å². The minimum atomic E-state index is -3.91. The van der Waals surface area contributed by atoms with Gasteiger partial charge in [0.05, 0.1) is 11.5 Å². The van der Waals surface area contributed by atoms with Crippen LogP contribution in [0.4, 0.5) is 0 Å². The van der Waals surface area contributed by atoms with Crippen LogP contribution in [0.25, 0.3) is 0 Å². The molecular formula is C10H22O6S2. The Labute approximate surface area is 109 Å². The first kappa shape index (κ1) is 17.8. The van der Waals surface area contributed by atoms with E-state index in [1.54, 1.807) is 13.8 Å². The van der Waals surface area contributed by atoms with Gasteiger partial charge >= 0.3 is 0 Å². The molecule has 0 saturated carbocycles. The lowest BCUT2D eigenvalue weighted by Crippen LogP contribution is -2.14. The van der Waals surface area contributed by atoms with Gasteiger partial charge in [0.25, 0.3) is 20.2 Å². The van der Waals surface area contributed by atoms with Crippen LogP contribution in [-0.2, 0) is 20.2 Å². The second-order valence-corrected chi connectivity index (χ2v) is 7.99. The van der Waals surface area contributed by atoms with E-state index in [9.17, 15) is 16.8 Å². The Balaban J connectivity index is 3.74. The molecule has 0 amide bonds. The standard InChI is InChI=1S/C10H22O6S2/c1-9(7-17(11,12)13)5-3-4-6-10(2)8-18(14,15)16/h9-10H,3-8H2,1-2H3,(H,11,12,13)(H,14,15,16). The van der Waals surface area contributed by atoms with Gasteiger partial charge in [-0.05, 0) is 24.7 Å². The third kappa shape index (κ3) is 12.3. The lowest BCUT2D eigenvalue weighted by Gasteiger charge is -2.11. The minimum absolute atomic E-state index is 0.114. The molecule has 0 aromatic rings. The summed E-state index contributed by atoms with van der Waals surface area (Å²) in [6, 6.07) is 0. The Morgan fingerprint density at radius 3 is 1.28 bits per heavy atom. The summed E-state index contributed by atoms with van der Waals surface area (Å²) in [5.74, 6) is -0.713. The average Bonchev–Trinajstić information content (AvgIpc) is 2.06. The first-order chi connectivity index (χ1) is 7.99. The number of rotatable bonds is 9. The molecule has 0 aromatic heterocycles.